The summed E-state index contributed by atoms with van der Waals surface area (Å²) < 4.78 is 18.4. The molecule has 0 spiro atoms. The normalized spacial score (nSPS) is 17.7. The maximum Gasteiger partial charge on any atom is 0.270 e. The van der Waals surface area contributed by atoms with E-state index in [0.29, 0.717) is 19.6 Å². The fourth-order valence-electron chi connectivity index (χ4n) is 6.23. The quantitative estimate of drug-likeness (QED) is 0.140. The molecule has 1 unspecified atom stereocenters. The van der Waals surface area contributed by atoms with Crippen molar-refractivity contribution in [2.75, 3.05) is 62.5 Å². The van der Waals surface area contributed by atoms with E-state index < -0.39 is 6.48 Å². The Labute approximate surface area is 266 Å². The predicted molar refractivity (Wildman–Crippen MR) is 179 cm³/mol. The van der Waals surface area contributed by atoms with Crippen LogP contribution in [-0.4, -0.2) is 75.1 Å². The molecular weight excluding hydrogens is 574 g/mol. The predicted octanol–water partition coefficient (Wildman–Crippen LogP) is 6.74. The van der Waals surface area contributed by atoms with Gasteiger partial charge in [0.1, 0.15) is 12.5 Å². The second kappa shape index (κ2) is 15.5. The van der Waals surface area contributed by atoms with Crippen molar-refractivity contribution in [1.29, 1.82) is 0 Å². The molecule has 2 aliphatic heterocycles. The number of carbonyl (C=O) groups is 1. The van der Waals surface area contributed by atoms with E-state index in [4.69, 9.17) is 14.2 Å². The molecule has 8 nitrogen and oxygen atoms in total. The molecule has 0 radical (unpaired) electrons. The highest BCUT2D eigenvalue weighted by atomic mass is 32.1. The number of benzene rings is 2. The van der Waals surface area contributed by atoms with Crippen LogP contribution in [0.4, 0.5) is 11.4 Å². The minimum Gasteiger partial charge on any atom is -0.494 e. The van der Waals surface area contributed by atoms with Gasteiger partial charge in [-0.3, -0.25) is 14.6 Å². The van der Waals surface area contributed by atoms with Crippen LogP contribution in [0.3, 0.4) is 0 Å². The first-order valence-electron chi connectivity index (χ1n) is 16.3. The largest absolute Gasteiger partial charge is 0.494 e. The number of thiophene rings is 1. The first-order valence-corrected chi connectivity index (χ1v) is 17.2. The fraction of sp³-hybridized carbons (Fsp3) is 0.571. The Hall–Kier alpha value is -2.69. The average Bonchev–Trinajstić information content (AvgIpc) is 3.50. The molecule has 3 aromatic rings. The summed E-state index contributed by atoms with van der Waals surface area (Å²) in [6.45, 7) is 11.3. The summed E-state index contributed by atoms with van der Waals surface area (Å²) >= 11 is 1.81. The van der Waals surface area contributed by atoms with Gasteiger partial charge in [0.2, 0.25) is 5.91 Å². The van der Waals surface area contributed by atoms with Gasteiger partial charge in [-0.25, -0.2) is 0 Å². The molecule has 1 fully saturated rings. The minimum atomic E-state index is -1.36. The topological polar surface area (TPSA) is 74.7 Å². The zero-order chi connectivity index (χ0) is 30.9. The maximum absolute atomic E-state index is 13.1. The SMILES string of the molecule is CCCCCCOC(O)OCN1C(=O)CC(C)(C)c2ccc(OCCCCN3CCN(c4cccc5sccc45)CC3)cc21. The van der Waals surface area contributed by atoms with Crippen molar-refractivity contribution in [3.05, 3.63) is 53.4 Å². The van der Waals surface area contributed by atoms with Crippen LogP contribution >= 0.6 is 11.3 Å². The zero-order valence-corrected chi connectivity index (χ0v) is 27.4. The van der Waals surface area contributed by atoms with Crippen molar-refractivity contribution in [2.24, 2.45) is 0 Å². The van der Waals surface area contributed by atoms with E-state index >= 15 is 0 Å². The van der Waals surface area contributed by atoms with Crippen LogP contribution in [0.2, 0.25) is 0 Å². The fourth-order valence-corrected chi connectivity index (χ4v) is 7.04. The van der Waals surface area contributed by atoms with Gasteiger partial charge in [-0.15, -0.1) is 11.3 Å². The summed E-state index contributed by atoms with van der Waals surface area (Å²) in [5, 5.41) is 13.7. The Morgan fingerprint density at radius 2 is 1.75 bits per heavy atom. The number of anilines is 2. The highest BCUT2D eigenvalue weighted by molar-refractivity contribution is 7.17. The summed E-state index contributed by atoms with van der Waals surface area (Å²) in [4.78, 5) is 19.8. The Morgan fingerprint density at radius 1 is 0.932 bits per heavy atom. The van der Waals surface area contributed by atoms with E-state index in [1.54, 1.807) is 4.90 Å². The van der Waals surface area contributed by atoms with Crippen molar-refractivity contribution in [2.45, 2.75) is 77.6 Å². The summed E-state index contributed by atoms with van der Waals surface area (Å²) in [6, 6.07) is 14.9. The van der Waals surface area contributed by atoms with Gasteiger partial charge < -0.3 is 24.2 Å². The Kier molecular flexibility index (Phi) is 11.5. The molecule has 5 rings (SSSR count). The van der Waals surface area contributed by atoms with Crippen LogP contribution in [0, 0.1) is 0 Å². The van der Waals surface area contributed by atoms with Gasteiger partial charge in [0.05, 0.1) is 18.9 Å². The molecule has 1 N–H and O–H groups in total. The van der Waals surface area contributed by atoms with E-state index in [0.717, 1.165) is 88.2 Å². The first-order chi connectivity index (χ1) is 21.4. The third kappa shape index (κ3) is 8.31. The lowest BCUT2D eigenvalue weighted by atomic mass is 9.77. The number of aliphatic hydroxyl groups excluding tert-OH is 1. The number of ether oxygens (including phenoxy) is 3. The molecule has 1 amide bonds. The number of rotatable bonds is 16. The lowest BCUT2D eigenvalue weighted by Gasteiger charge is -2.38. The lowest BCUT2D eigenvalue weighted by molar-refractivity contribution is -0.262. The molecule has 44 heavy (non-hydrogen) atoms. The van der Waals surface area contributed by atoms with Crippen LogP contribution in [0.15, 0.2) is 47.8 Å². The van der Waals surface area contributed by atoms with Crippen LogP contribution in [0.25, 0.3) is 10.1 Å². The molecule has 240 valence electrons. The molecule has 0 bridgehead atoms. The Bertz CT molecular complexity index is 1350. The molecule has 0 aliphatic carbocycles. The number of hydrogen-bond donors (Lipinski definition) is 1. The van der Waals surface area contributed by atoms with Gasteiger partial charge in [0.25, 0.3) is 6.48 Å². The van der Waals surface area contributed by atoms with Crippen molar-refractivity contribution >= 4 is 38.7 Å². The third-order valence-electron chi connectivity index (χ3n) is 8.81. The van der Waals surface area contributed by atoms with Crippen LogP contribution in [0.1, 0.15) is 71.3 Å². The van der Waals surface area contributed by atoms with Crippen molar-refractivity contribution in [3.63, 3.8) is 0 Å². The highest BCUT2D eigenvalue weighted by Gasteiger charge is 2.37. The van der Waals surface area contributed by atoms with Gasteiger partial charge in [-0.1, -0.05) is 52.2 Å². The molecule has 1 atom stereocenters. The van der Waals surface area contributed by atoms with Crippen LogP contribution in [-0.2, 0) is 19.7 Å². The summed E-state index contributed by atoms with van der Waals surface area (Å²) in [6.07, 6.45) is 6.63. The number of carbonyl (C=O) groups excluding carboxylic acids is 1. The molecule has 2 aliphatic rings. The Morgan fingerprint density at radius 3 is 2.57 bits per heavy atom. The monoisotopic (exact) mass is 623 g/mol. The minimum absolute atomic E-state index is 0.0399. The number of aliphatic hydroxyl groups is 1. The second-order valence-corrected chi connectivity index (χ2v) is 13.5. The average molecular weight is 624 g/mol. The molecule has 2 aromatic carbocycles. The van der Waals surface area contributed by atoms with Gasteiger partial charge in [0.15, 0.2) is 0 Å². The first kappa shape index (κ1) is 32.7. The molecule has 1 aromatic heterocycles. The van der Waals surface area contributed by atoms with E-state index in [2.05, 4.69) is 66.3 Å². The smallest absolute Gasteiger partial charge is 0.270 e. The standard InChI is InChI=1S/C35H49N3O5S/c1-4-5-6-8-22-42-34(40)43-26-38-31-24-27(13-14-29(31)35(2,3)25-33(38)39)41-21-9-7-16-36-17-19-37(20-18-36)30-11-10-12-32-28(30)15-23-44-32/h10-15,23-24,34,40H,4-9,16-22,25-26H2,1-3H3. The molecule has 3 heterocycles. The second-order valence-electron chi connectivity index (χ2n) is 12.6. The van der Waals surface area contributed by atoms with Gasteiger partial charge in [-0.05, 0) is 61.0 Å². The van der Waals surface area contributed by atoms with Crippen molar-refractivity contribution < 1.29 is 24.1 Å². The van der Waals surface area contributed by atoms with E-state index in [9.17, 15) is 9.90 Å². The lowest BCUT2D eigenvalue weighted by Crippen LogP contribution is -2.46. The van der Waals surface area contributed by atoms with E-state index in [1.807, 2.05) is 23.5 Å². The summed E-state index contributed by atoms with van der Waals surface area (Å²) in [5.74, 6) is 0.699. The summed E-state index contributed by atoms with van der Waals surface area (Å²) in [5.41, 5.74) is 2.91. The number of unbranched alkanes of at least 4 members (excludes halogenated alkanes) is 4. The summed E-state index contributed by atoms with van der Waals surface area (Å²) in [7, 11) is 0. The van der Waals surface area contributed by atoms with Crippen molar-refractivity contribution in [1.82, 2.24) is 4.90 Å². The number of hydrogen-bond acceptors (Lipinski definition) is 8. The Balaban J connectivity index is 1.06. The number of piperazine rings is 1. The van der Waals surface area contributed by atoms with E-state index in [1.165, 1.54) is 15.8 Å². The number of fused-ring (bicyclic) bond motifs is 2. The van der Waals surface area contributed by atoms with E-state index in [-0.39, 0.29) is 18.1 Å². The molecule has 0 saturated carbocycles. The van der Waals surface area contributed by atoms with Gasteiger partial charge >= 0.3 is 0 Å². The third-order valence-corrected chi connectivity index (χ3v) is 9.69. The highest BCUT2D eigenvalue weighted by Crippen LogP contribution is 2.42. The van der Waals surface area contributed by atoms with Crippen molar-refractivity contribution in [3.8, 4) is 5.75 Å². The maximum atomic E-state index is 13.1. The zero-order valence-electron chi connectivity index (χ0n) is 26.6. The number of amides is 1. The van der Waals surface area contributed by atoms with Crippen LogP contribution in [0.5, 0.6) is 5.75 Å². The van der Waals surface area contributed by atoms with Crippen LogP contribution < -0.4 is 14.5 Å². The number of nitrogens with zero attached hydrogens (tertiary/aromatic N) is 3. The molecule has 9 heteroatoms. The van der Waals surface area contributed by atoms with Gasteiger partial charge in [-0.2, -0.15) is 0 Å². The molecular formula is C35H49N3O5S. The molecule has 1 saturated heterocycles. The van der Waals surface area contributed by atoms with Gasteiger partial charge in [0, 0.05) is 59.9 Å².